The van der Waals surface area contributed by atoms with Gasteiger partial charge in [0.15, 0.2) is 30.4 Å². The Hall–Kier alpha value is -3.78. The van der Waals surface area contributed by atoms with E-state index in [1.807, 2.05) is 47.3 Å². The minimum Gasteiger partial charge on any atom is -0.493 e. The first-order chi connectivity index (χ1) is 18.4. The number of thioether (sulfide) groups is 2. The van der Waals surface area contributed by atoms with E-state index in [9.17, 15) is 14.7 Å². The molecule has 12 nitrogen and oxygen atoms in total. The second kappa shape index (κ2) is 10.9. The Labute approximate surface area is 227 Å². The van der Waals surface area contributed by atoms with Gasteiger partial charge in [-0.15, -0.1) is 16.9 Å². The van der Waals surface area contributed by atoms with Crippen LogP contribution >= 0.6 is 23.5 Å². The van der Waals surface area contributed by atoms with Crippen molar-refractivity contribution in [2.75, 3.05) is 31.0 Å². The second-order valence-corrected chi connectivity index (χ2v) is 10.7. The number of carboxylic acids is 1. The molecule has 0 saturated carbocycles. The van der Waals surface area contributed by atoms with Crippen LogP contribution in [-0.4, -0.2) is 79.2 Å². The normalized spacial score (nSPS) is 18.6. The zero-order valence-electron chi connectivity index (χ0n) is 20.9. The molecule has 2 aromatic heterocycles. The van der Waals surface area contributed by atoms with E-state index >= 15 is 0 Å². The molecule has 2 aliphatic heterocycles. The lowest BCUT2D eigenvalue weighted by atomic mass is 10.0. The number of aliphatic carboxylic acids is 1. The van der Waals surface area contributed by atoms with Crippen molar-refractivity contribution in [1.29, 1.82) is 0 Å². The standard InChI is InChI=1S/C24H25N7O5S2/c1-29-24(26-27-28-29)38-13-15-12-37-22-19(21(32)31(22)20(15)23(33)34)25-16-6-8-30(9-7-16)11-14-4-5-17(35-2)18(10-14)36-3/h4-10,19,22H,11-13H2,1-3H3,(H,33,34)/p+1/t19-,22-/m1/s1. The average molecular weight is 557 g/mol. The number of methoxy groups -OCH3 is 2. The number of carboxylic acid groups (broad SMARTS) is 1. The van der Waals surface area contributed by atoms with Crippen LogP contribution in [0.2, 0.25) is 0 Å². The van der Waals surface area contributed by atoms with Crippen LogP contribution in [0.1, 0.15) is 5.56 Å². The summed E-state index contributed by atoms with van der Waals surface area (Å²) in [5.74, 6) is 0.872. The van der Waals surface area contributed by atoms with E-state index in [1.54, 1.807) is 33.0 Å². The van der Waals surface area contributed by atoms with Crippen LogP contribution in [0.3, 0.4) is 0 Å². The fourth-order valence-electron chi connectivity index (χ4n) is 4.32. The maximum atomic E-state index is 13.1. The fourth-order valence-corrected chi connectivity index (χ4v) is 6.65. The molecule has 0 spiro atoms. The van der Waals surface area contributed by atoms with Gasteiger partial charge in [-0.3, -0.25) is 9.69 Å². The van der Waals surface area contributed by atoms with Crippen LogP contribution in [-0.2, 0) is 23.2 Å². The molecule has 0 unspecified atom stereocenters. The van der Waals surface area contributed by atoms with Gasteiger partial charge in [-0.1, -0.05) is 11.8 Å². The lowest BCUT2D eigenvalue weighted by Gasteiger charge is -2.49. The van der Waals surface area contributed by atoms with Gasteiger partial charge in [-0.25, -0.2) is 14.0 Å². The number of carbonyl (C=O) groups is 2. The fraction of sp³-hybridized carbons (Fsp3) is 0.333. The van der Waals surface area contributed by atoms with Crippen molar-refractivity contribution in [3.05, 3.63) is 59.6 Å². The molecule has 0 bridgehead atoms. The average Bonchev–Trinajstić information content (AvgIpc) is 3.34. The Morgan fingerprint density at radius 3 is 2.66 bits per heavy atom. The van der Waals surface area contributed by atoms with E-state index in [0.717, 1.165) is 11.3 Å². The van der Waals surface area contributed by atoms with Gasteiger partial charge < -0.3 is 19.9 Å². The highest BCUT2D eigenvalue weighted by molar-refractivity contribution is 8.01. The number of anilines is 1. The van der Waals surface area contributed by atoms with E-state index in [-0.39, 0.29) is 17.0 Å². The van der Waals surface area contributed by atoms with Crippen LogP contribution in [0, 0.1) is 0 Å². The van der Waals surface area contributed by atoms with E-state index < -0.39 is 12.0 Å². The molecule has 198 valence electrons. The molecule has 1 fully saturated rings. The van der Waals surface area contributed by atoms with Crippen molar-refractivity contribution in [2.24, 2.45) is 7.05 Å². The van der Waals surface area contributed by atoms with Crippen molar-refractivity contribution in [2.45, 2.75) is 23.1 Å². The molecule has 0 aliphatic carbocycles. The highest BCUT2D eigenvalue weighted by Gasteiger charge is 2.53. The highest BCUT2D eigenvalue weighted by atomic mass is 32.2. The molecule has 1 amide bonds. The van der Waals surface area contributed by atoms with Gasteiger partial charge in [0, 0.05) is 41.9 Å². The van der Waals surface area contributed by atoms with E-state index in [2.05, 4.69) is 20.8 Å². The minimum atomic E-state index is -1.11. The molecular formula is C24H26N7O5S2+. The molecule has 38 heavy (non-hydrogen) atoms. The maximum Gasteiger partial charge on any atom is 0.352 e. The third kappa shape index (κ3) is 5.00. The number of aromatic nitrogens is 5. The number of hydrogen-bond acceptors (Lipinski definition) is 10. The summed E-state index contributed by atoms with van der Waals surface area (Å²) in [5, 5.41) is 24.8. The molecule has 4 heterocycles. The Kier molecular flexibility index (Phi) is 7.42. The molecular weight excluding hydrogens is 530 g/mol. The smallest absolute Gasteiger partial charge is 0.352 e. The number of tetrazole rings is 1. The SMILES string of the molecule is COc1ccc(C[n+]2ccc(N[C@@H]3C(=O)N4C(C(=O)O)=C(CSc5nnnn5C)CS[C@H]34)cc2)cc1OC. The predicted octanol–water partition coefficient (Wildman–Crippen LogP) is 1.39. The van der Waals surface area contributed by atoms with E-state index in [1.165, 1.54) is 21.3 Å². The monoisotopic (exact) mass is 556 g/mol. The van der Waals surface area contributed by atoms with Crippen molar-refractivity contribution < 1.29 is 28.7 Å². The maximum absolute atomic E-state index is 13.1. The topological polar surface area (TPSA) is 136 Å². The number of pyridine rings is 1. The van der Waals surface area contributed by atoms with E-state index in [4.69, 9.17) is 9.47 Å². The summed E-state index contributed by atoms with van der Waals surface area (Å²) in [4.78, 5) is 26.5. The zero-order chi connectivity index (χ0) is 26.8. The van der Waals surface area contributed by atoms with Gasteiger partial charge in [0.05, 0.1) is 14.2 Å². The molecule has 3 aromatic rings. The first-order valence-electron chi connectivity index (χ1n) is 11.6. The summed E-state index contributed by atoms with van der Waals surface area (Å²) in [6, 6.07) is 9.08. The third-order valence-electron chi connectivity index (χ3n) is 6.23. The number of hydrogen-bond donors (Lipinski definition) is 2. The number of ether oxygens (including phenoxy) is 2. The third-order valence-corrected chi connectivity index (χ3v) is 8.67. The lowest BCUT2D eigenvalue weighted by Crippen LogP contribution is -2.67. The molecule has 1 aromatic carbocycles. The number of carbonyl (C=O) groups excluding carboxylic acids is 1. The van der Waals surface area contributed by atoms with Gasteiger partial charge in [0.25, 0.3) is 5.91 Å². The van der Waals surface area contributed by atoms with Crippen molar-refractivity contribution >= 4 is 41.1 Å². The van der Waals surface area contributed by atoms with Crippen molar-refractivity contribution in [3.8, 4) is 11.5 Å². The zero-order valence-corrected chi connectivity index (χ0v) is 22.5. The largest absolute Gasteiger partial charge is 0.493 e. The predicted molar refractivity (Wildman–Crippen MR) is 140 cm³/mol. The second-order valence-electron chi connectivity index (χ2n) is 8.61. The first-order valence-corrected chi connectivity index (χ1v) is 13.6. The number of aryl methyl sites for hydroxylation is 1. The Morgan fingerprint density at radius 1 is 1.24 bits per heavy atom. The first kappa shape index (κ1) is 25.9. The number of benzene rings is 1. The van der Waals surface area contributed by atoms with Gasteiger partial charge >= 0.3 is 5.97 Å². The number of fused-ring (bicyclic) bond motifs is 1. The quantitative estimate of drug-likeness (QED) is 0.213. The highest BCUT2D eigenvalue weighted by Crippen LogP contribution is 2.42. The summed E-state index contributed by atoms with van der Waals surface area (Å²) in [5.41, 5.74) is 2.56. The van der Waals surface area contributed by atoms with Crippen LogP contribution in [0.5, 0.6) is 11.5 Å². The van der Waals surface area contributed by atoms with E-state index in [0.29, 0.717) is 40.3 Å². The number of rotatable bonds is 10. The molecule has 2 aliphatic rings. The van der Waals surface area contributed by atoms with Gasteiger partial charge in [-0.05, 0) is 34.2 Å². The molecule has 0 radical (unpaired) electrons. The molecule has 1 saturated heterocycles. The molecule has 14 heteroatoms. The number of nitrogens with one attached hydrogen (secondary N) is 1. The Bertz CT molecular complexity index is 1400. The number of amides is 1. The molecule has 2 N–H and O–H groups in total. The minimum absolute atomic E-state index is 0.0558. The summed E-state index contributed by atoms with van der Waals surface area (Å²) in [7, 11) is 4.93. The van der Waals surface area contributed by atoms with Crippen molar-refractivity contribution in [3.63, 3.8) is 0 Å². The summed E-state index contributed by atoms with van der Waals surface area (Å²) < 4.78 is 14.2. The van der Waals surface area contributed by atoms with Crippen LogP contribution in [0.15, 0.2) is 59.2 Å². The molecule has 5 rings (SSSR count). The Morgan fingerprint density at radius 2 is 2.00 bits per heavy atom. The number of nitrogens with zero attached hydrogens (tertiary/aromatic N) is 6. The van der Waals surface area contributed by atoms with Gasteiger partial charge in [0.2, 0.25) is 5.16 Å². The summed E-state index contributed by atoms with van der Waals surface area (Å²) >= 11 is 2.89. The van der Waals surface area contributed by atoms with Crippen LogP contribution in [0.4, 0.5) is 5.69 Å². The Balaban J connectivity index is 1.24. The van der Waals surface area contributed by atoms with Gasteiger partial charge in [0.1, 0.15) is 17.1 Å². The summed E-state index contributed by atoms with van der Waals surface area (Å²) in [6.07, 6.45) is 3.85. The molecule has 2 atom stereocenters. The summed E-state index contributed by atoms with van der Waals surface area (Å²) in [6.45, 7) is 0.632. The van der Waals surface area contributed by atoms with Crippen LogP contribution < -0.4 is 19.4 Å². The van der Waals surface area contributed by atoms with Crippen LogP contribution in [0.25, 0.3) is 0 Å². The number of β-lactam (4-membered cyclic amide) rings is 1. The van der Waals surface area contributed by atoms with Gasteiger partial charge in [-0.2, -0.15) is 0 Å². The lowest BCUT2D eigenvalue weighted by molar-refractivity contribution is -0.688. The van der Waals surface area contributed by atoms with Crippen molar-refractivity contribution in [1.82, 2.24) is 25.1 Å².